The normalized spacial score (nSPS) is 10.8. The Labute approximate surface area is 157 Å². The number of halogens is 3. The number of aliphatic carboxylic acids is 1. The van der Waals surface area contributed by atoms with Crippen LogP contribution in [0.5, 0.6) is 0 Å². The fourth-order valence-corrected chi connectivity index (χ4v) is 2.13. The molecule has 0 bridgehead atoms. The second-order valence-corrected chi connectivity index (χ2v) is 5.69. The second kappa shape index (κ2) is 8.42. The van der Waals surface area contributed by atoms with Crippen LogP contribution >= 0.6 is 0 Å². The smallest absolute Gasteiger partial charge is 0.475 e. The van der Waals surface area contributed by atoms with Crippen LogP contribution in [0.4, 0.5) is 18.9 Å². The van der Waals surface area contributed by atoms with Gasteiger partial charge in [0.15, 0.2) is 0 Å². The van der Waals surface area contributed by atoms with Crippen molar-refractivity contribution >= 4 is 17.6 Å². The number of anilines is 1. The minimum atomic E-state index is -5.08. The molecule has 0 aliphatic carbocycles. The number of carbonyl (C=O) groups excluding carboxylic acids is 1. The number of carbonyl (C=O) groups is 2. The molecule has 3 rings (SSSR count). The molecule has 28 heavy (non-hydrogen) atoms. The Morgan fingerprint density at radius 1 is 1.14 bits per heavy atom. The third kappa shape index (κ3) is 5.22. The SMILES string of the molecule is Cc1ncn(-c2ccc(NC(=O)c3cc[nH]c3)cc2)c1C.O=C(O)C(F)(F)F. The zero-order valence-corrected chi connectivity index (χ0v) is 14.9. The topological polar surface area (TPSA) is 100 Å². The number of H-pyrrole nitrogens is 1. The number of nitrogens with one attached hydrogen (secondary N) is 2. The summed E-state index contributed by atoms with van der Waals surface area (Å²) in [6.45, 7) is 4.02. The maximum Gasteiger partial charge on any atom is 0.490 e. The Bertz CT molecular complexity index is 946. The number of aryl methyl sites for hydroxylation is 1. The monoisotopic (exact) mass is 394 g/mol. The third-order valence-electron chi connectivity index (χ3n) is 3.76. The zero-order valence-electron chi connectivity index (χ0n) is 14.9. The molecule has 10 heteroatoms. The number of amides is 1. The van der Waals surface area contributed by atoms with E-state index in [1.165, 1.54) is 0 Å². The predicted octanol–water partition coefficient (Wildman–Crippen LogP) is 3.70. The van der Waals surface area contributed by atoms with Crippen LogP contribution in [-0.2, 0) is 4.79 Å². The van der Waals surface area contributed by atoms with Crippen molar-refractivity contribution in [2.45, 2.75) is 20.0 Å². The van der Waals surface area contributed by atoms with Crippen molar-refractivity contribution in [3.05, 3.63) is 66.0 Å². The van der Waals surface area contributed by atoms with Gasteiger partial charge in [0.25, 0.3) is 5.91 Å². The summed E-state index contributed by atoms with van der Waals surface area (Å²) < 4.78 is 33.8. The minimum absolute atomic E-state index is 0.126. The summed E-state index contributed by atoms with van der Waals surface area (Å²) in [6.07, 6.45) is 0.113. The number of hydrogen-bond donors (Lipinski definition) is 3. The minimum Gasteiger partial charge on any atom is -0.475 e. The number of nitrogens with zero attached hydrogens (tertiary/aromatic N) is 2. The molecule has 3 N–H and O–H groups in total. The van der Waals surface area contributed by atoms with E-state index in [9.17, 15) is 18.0 Å². The Kier molecular flexibility index (Phi) is 6.24. The van der Waals surface area contributed by atoms with Gasteiger partial charge in [0.2, 0.25) is 0 Å². The Morgan fingerprint density at radius 3 is 2.18 bits per heavy atom. The molecule has 0 spiro atoms. The summed E-state index contributed by atoms with van der Waals surface area (Å²) in [4.78, 5) is 28.0. The first-order chi connectivity index (χ1) is 13.1. The van der Waals surface area contributed by atoms with Crippen LogP contribution in [0.3, 0.4) is 0 Å². The van der Waals surface area contributed by atoms with Gasteiger partial charge in [-0.25, -0.2) is 9.78 Å². The Morgan fingerprint density at radius 2 is 1.75 bits per heavy atom. The van der Waals surface area contributed by atoms with Gasteiger partial charge in [-0.1, -0.05) is 0 Å². The molecule has 2 aromatic heterocycles. The molecule has 0 saturated heterocycles. The van der Waals surface area contributed by atoms with E-state index in [4.69, 9.17) is 9.90 Å². The number of aromatic amines is 1. The molecule has 0 unspecified atom stereocenters. The van der Waals surface area contributed by atoms with Gasteiger partial charge in [-0.15, -0.1) is 0 Å². The lowest BCUT2D eigenvalue weighted by atomic mass is 10.2. The highest BCUT2D eigenvalue weighted by Gasteiger charge is 2.38. The predicted molar refractivity (Wildman–Crippen MR) is 95.5 cm³/mol. The third-order valence-corrected chi connectivity index (χ3v) is 3.76. The molecule has 7 nitrogen and oxygen atoms in total. The highest BCUT2D eigenvalue weighted by Crippen LogP contribution is 2.17. The highest BCUT2D eigenvalue weighted by atomic mass is 19.4. The van der Waals surface area contributed by atoms with E-state index in [-0.39, 0.29) is 5.91 Å². The van der Waals surface area contributed by atoms with E-state index in [0.717, 1.165) is 22.8 Å². The molecule has 148 valence electrons. The van der Waals surface area contributed by atoms with Crippen LogP contribution in [0.15, 0.2) is 49.1 Å². The largest absolute Gasteiger partial charge is 0.490 e. The number of hydrogen-bond acceptors (Lipinski definition) is 3. The van der Waals surface area contributed by atoms with Crippen molar-refractivity contribution in [1.29, 1.82) is 0 Å². The molecule has 1 aromatic carbocycles. The van der Waals surface area contributed by atoms with Crippen molar-refractivity contribution in [3.8, 4) is 5.69 Å². The number of rotatable bonds is 3. The summed E-state index contributed by atoms with van der Waals surface area (Å²) in [7, 11) is 0. The molecule has 0 aliphatic rings. The fraction of sp³-hybridized carbons (Fsp3) is 0.167. The van der Waals surface area contributed by atoms with Crippen LogP contribution in [0.1, 0.15) is 21.7 Å². The van der Waals surface area contributed by atoms with Gasteiger partial charge >= 0.3 is 12.1 Å². The van der Waals surface area contributed by atoms with E-state index in [0.29, 0.717) is 5.56 Å². The van der Waals surface area contributed by atoms with Gasteiger partial charge < -0.3 is 20.0 Å². The Balaban J connectivity index is 0.000000345. The summed E-state index contributed by atoms with van der Waals surface area (Å²) in [6, 6.07) is 9.42. The molecule has 0 fully saturated rings. The molecule has 0 radical (unpaired) electrons. The fourth-order valence-electron chi connectivity index (χ4n) is 2.13. The van der Waals surface area contributed by atoms with Crippen LogP contribution < -0.4 is 5.32 Å². The van der Waals surface area contributed by atoms with E-state index in [1.807, 2.05) is 42.7 Å². The summed E-state index contributed by atoms with van der Waals surface area (Å²) >= 11 is 0. The molecule has 0 saturated carbocycles. The van der Waals surface area contributed by atoms with Crippen molar-refractivity contribution in [1.82, 2.24) is 14.5 Å². The number of carboxylic acids is 1. The quantitative estimate of drug-likeness (QED) is 0.631. The maximum atomic E-state index is 11.9. The van der Waals surface area contributed by atoms with Crippen molar-refractivity contribution in [2.75, 3.05) is 5.32 Å². The Hall–Kier alpha value is -3.56. The molecule has 3 aromatic rings. The number of carboxylic acid groups (broad SMARTS) is 1. The summed E-state index contributed by atoms with van der Waals surface area (Å²) in [5, 5.41) is 9.98. The highest BCUT2D eigenvalue weighted by molar-refractivity contribution is 6.04. The average molecular weight is 394 g/mol. The van der Waals surface area contributed by atoms with Crippen LogP contribution in [0.25, 0.3) is 5.69 Å². The van der Waals surface area contributed by atoms with Crippen molar-refractivity contribution < 1.29 is 27.9 Å². The van der Waals surface area contributed by atoms with Gasteiger partial charge in [-0.05, 0) is 44.2 Å². The van der Waals surface area contributed by atoms with Crippen LogP contribution in [0, 0.1) is 13.8 Å². The maximum absolute atomic E-state index is 11.9. The first-order valence-corrected chi connectivity index (χ1v) is 7.95. The van der Waals surface area contributed by atoms with Gasteiger partial charge in [0, 0.05) is 29.5 Å². The molecule has 0 atom stereocenters. The van der Waals surface area contributed by atoms with Gasteiger partial charge in [0.05, 0.1) is 17.6 Å². The number of alkyl halides is 3. The van der Waals surface area contributed by atoms with Crippen LogP contribution in [0.2, 0.25) is 0 Å². The number of aromatic nitrogens is 3. The number of imidazole rings is 1. The van der Waals surface area contributed by atoms with Gasteiger partial charge in [-0.3, -0.25) is 4.79 Å². The lowest BCUT2D eigenvalue weighted by Crippen LogP contribution is -2.21. The molecular formula is C18H17F3N4O3. The first kappa shape index (κ1) is 20.7. The van der Waals surface area contributed by atoms with Gasteiger partial charge in [-0.2, -0.15) is 13.2 Å². The van der Waals surface area contributed by atoms with Gasteiger partial charge in [0.1, 0.15) is 0 Å². The summed E-state index contributed by atoms with van der Waals surface area (Å²) in [5.41, 5.74) is 4.52. The first-order valence-electron chi connectivity index (χ1n) is 7.95. The number of benzene rings is 1. The summed E-state index contributed by atoms with van der Waals surface area (Å²) in [5.74, 6) is -2.88. The second-order valence-electron chi connectivity index (χ2n) is 5.69. The zero-order chi connectivity index (χ0) is 20.9. The molecule has 0 aliphatic heterocycles. The molecule has 2 heterocycles. The van der Waals surface area contributed by atoms with Crippen LogP contribution in [-0.4, -0.2) is 37.7 Å². The lowest BCUT2D eigenvalue weighted by molar-refractivity contribution is -0.192. The van der Waals surface area contributed by atoms with Crippen molar-refractivity contribution in [3.63, 3.8) is 0 Å². The lowest BCUT2D eigenvalue weighted by Gasteiger charge is -2.08. The van der Waals surface area contributed by atoms with E-state index in [1.54, 1.807) is 24.8 Å². The molecular weight excluding hydrogens is 377 g/mol. The van der Waals surface area contributed by atoms with E-state index in [2.05, 4.69) is 15.3 Å². The average Bonchev–Trinajstić information content (AvgIpc) is 3.27. The van der Waals surface area contributed by atoms with E-state index >= 15 is 0 Å². The van der Waals surface area contributed by atoms with Crippen molar-refractivity contribution in [2.24, 2.45) is 0 Å². The molecule has 1 amide bonds. The van der Waals surface area contributed by atoms with E-state index < -0.39 is 12.1 Å². The standard InChI is InChI=1S/C16H16N4O.C2HF3O2/c1-11-12(2)20(10-18-11)15-5-3-14(4-6-15)19-16(21)13-7-8-17-9-13;3-2(4,5)1(6)7/h3-10,17H,1-2H3,(H,19,21);(H,6,7).